The summed E-state index contributed by atoms with van der Waals surface area (Å²) in [6.45, 7) is 8.22. The molecule has 0 bridgehead atoms. The molecule has 21 heavy (non-hydrogen) atoms. The zero-order valence-corrected chi connectivity index (χ0v) is 13.8. The Balaban J connectivity index is 3.15. The molecule has 0 spiro atoms. The van der Waals surface area contributed by atoms with Gasteiger partial charge in [-0.15, -0.1) is 0 Å². The maximum atomic E-state index is 12.4. The average Bonchev–Trinajstić information content (AvgIpc) is 2.40. The second-order valence-electron chi connectivity index (χ2n) is 5.17. The van der Waals surface area contributed by atoms with Crippen LogP contribution < -0.4 is 19.9 Å². The van der Waals surface area contributed by atoms with E-state index in [1.807, 2.05) is 13.8 Å². The van der Waals surface area contributed by atoms with Gasteiger partial charge in [-0.3, -0.25) is 0 Å². The van der Waals surface area contributed by atoms with Crippen LogP contribution in [0.1, 0.15) is 27.7 Å². The van der Waals surface area contributed by atoms with Gasteiger partial charge < -0.3 is 15.2 Å². The van der Waals surface area contributed by atoms with E-state index in [1.54, 1.807) is 19.9 Å². The molecule has 1 aromatic carbocycles. The predicted molar refractivity (Wildman–Crippen MR) is 82.2 cm³/mol. The van der Waals surface area contributed by atoms with Gasteiger partial charge in [0.15, 0.2) is 11.5 Å². The molecule has 0 aliphatic carbocycles. The summed E-state index contributed by atoms with van der Waals surface area (Å²) in [6, 6.07) is 4.55. The Morgan fingerprint density at radius 2 is 1.71 bits per heavy atom. The summed E-state index contributed by atoms with van der Waals surface area (Å²) >= 11 is 0. The maximum absolute atomic E-state index is 12.4. The van der Waals surface area contributed by atoms with Gasteiger partial charge in [0.1, 0.15) is 0 Å². The first kappa shape index (κ1) is 17.7. The largest absolute Gasteiger partial charge is 0.490 e. The minimum absolute atomic E-state index is 0.121. The van der Waals surface area contributed by atoms with Crippen LogP contribution in [-0.2, 0) is 10.0 Å². The van der Waals surface area contributed by atoms with Crippen LogP contribution in [-0.4, -0.2) is 33.7 Å². The topological polar surface area (TPSA) is 90.7 Å². The molecule has 3 N–H and O–H groups in total. The fourth-order valence-corrected chi connectivity index (χ4v) is 3.10. The normalized spacial score (nSPS) is 12.2. The van der Waals surface area contributed by atoms with Crippen molar-refractivity contribution in [3.8, 4) is 11.5 Å². The maximum Gasteiger partial charge on any atom is 0.241 e. The van der Waals surface area contributed by atoms with E-state index < -0.39 is 15.6 Å². The standard InChI is InChI=1S/C14H24N2O4S/c1-5-19-12-8-7-11(9-13(12)20-6-2)21(17,18)16-14(3,4)10-15/h7-9,16H,5-6,10,15H2,1-4H3. The molecule has 7 heteroatoms. The summed E-state index contributed by atoms with van der Waals surface area (Å²) in [5.41, 5.74) is 4.84. The molecule has 0 unspecified atom stereocenters. The molecule has 0 amide bonds. The molecule has 0 saturated carbocycles. The lowest BCUT2D eigenvalue weighted by atomic mass is 10.1. The van der Waals surface area contributed by atoms with Gasteiger partial charge in [0.2, 0.25) is 10.0 Å². The molecule has 0 aliphatic heterocycles. The molecule has 0 aromatic heterocycles. The monoisotopic (exact) mass is 316 g/mol. The van der Waals surface area contributed by atoms with E-state index in [-0.39, 0.29) is 11.4 Å². The number of rotatable bonds is 8. The van der Waals surface area contributed by atoms with Gasteiger partial charge in [-0.2, -0.15) is 0 Å². The number of nitrogens with two attached hydrogens (primary N) is 1. The highest BCUT2D eigenvalue weighted by molar-refractivity contribution is 7.89. The van der Waals surface area contributed by atoms with Gasteiger partial charge >= 0.3 is 0 Å². The van der Waals surface area contributed by atoms with Gasteiger partial charge in [-0.1, -0.05) is 0 Å². The van der Waals surface area contributed by atoms with Crippen LogP contribution in [0.15, 0.2) is 23.1 Å². The Bertz CT molecular complexity index is 570. The van der Waals surface area contributed by atoms with E-state index in [0.717, 1.165) is 0 Å². The highest BCUT2D eigenvalue weighted by atomic mass is 32.2. The highest BCUT2D eigenvalue weighted by Gasteiger charge is 2.25. The molecule has 1 rings (SSSR count). The highest BCUT2D eigenvalue weighted by Crippen LogP contribution is 2.30. The second-order valence-corrected chi connectivity index (χ2v) is 6.85. The summed E-state index contributed by atoms with van der Waals surface area (Å²) in [4.78, 5) is 0.121. The van der Waals surface area contributed by atoms with Crippen LogP contribution in [0.5, 0.6) is 11.5 Å². The van der Waals surface area contributed by atoms with Crippen molar-refractivity contribution < 1.29 is 17.9 Å². The first-order valence-corrected chi connectivity index (χ1v) is 8.37. The molecule has 120 valence electrons. The molecular weight excluding hydrogens is 292 g/mol. The van der Waals surface area contributed by atoms with Gasteiger partial charge in [-0.25, -0.2) is 13.1 Å². The summed E-state index contributed by atoms with van der Waals surface area (Å²) in [7, 11) is -3.67. The smallest absolute Gasteiger partial charge is 0.241 e. The molecule has 0 heterocycles. The lowest BCUT2D eigenvalue weighted by Gasteiger charge is -2.24. The van der Waals surface area contributed by atoms with E-state index in [2.05, 4.69) is 4.72 Å². The number of ether oxygens (including phenoxy) is 2. The van der Waals surface area contributed by atoms with Gasteiger partial charge in [-0.05, 0) is 39.8 Å². The summed E-state index contributed by atoms with van der Waals surface area (Å²) in [5.74, 6) is 0.934. The van der Waals surface area contributed by atoms with E-state index in [4.69, 9.17) is 15.2 Å². The molecule has 0 radical (unpaired) electrons. The Morgan fingerprint density at radius 3 is 2.24 bits per heavy atom. The van der Waals surface area contributed by atoms with Crippen molar-refractivity contribution in [2.75, 3.05) is 19.8 Å². The molecule has 6 nitrogen and oxygen atoms in total. The van der Waals surface area contributed by atoms with Gasteiger partial charge in [0.05, 0.1) is 18.1 Å². The third kappa shape index (κ3) is 4.87. The zero-order valence-electron chi connectivity index (χ0n) is 13.0. The van der Waals surface area contributed by atoms with Gasteiger partial charge in [0, 0.05) is 18.2 Å². The van der Waals surface area contributed by atoms with Crippen LogP contribution in [0.3, 0.4) is 0 Å². The van der Waals surface area contributed by atoms with E-state index in [0.29, 0.717) is 24.7 Å². The van der Waals surface area contributed by atoms with Crippen molar-refractivity contribution >= 4 is 10.0 Å². The van der Waals surface area contributed by atoms with Crippen molar-refractivity contribution in [1.29, 1.82) is 0 Å². The Morgan fingerprint density at radius 1 is 1.14 bits per heavy atom. The van der Waals surface area contributed by atoms with Crippen molar-refractivity contribution in [3.63, 3.8) is 0 Å². The van der Waals surface area contributed by atoms with Crippen molar-refractivity contribution in [2.45, 2.75) is 38.1 Å². The van der Waals surface area contributed by atoms with Gasteiger partial charge in [0.25, 0.3) is 0 Å². The number of sulfonamides is 1. The minimum atomic E-state index is -3.67. The number of hydrogen-bond donors (Lipinski definition) is 2. The average molecular weight is 316 g/mol. The third-order valence-corrected chi connectivity index (χ3v) is 4.44. The summed E-state index contributed by atoms with van der Waals surface area (Å²) < 4.78 is 38.2. The third-order valence-electron chi connectivity index (χ3n) is 2.75. The second kappa shape index (κ2) is 7.11. The summed E-state index contributed by atoms with van der Waals surface area (Å²) in [5, 5.41) is 0. The van der Waals surface area contributed by atoms with E-state index >= 15 is 0 Å². The number of hydrogen-bond acceptors (Lipinski definition) is 5. The van der Waals surface area contributed by atoms with Crippen molar-refractivity contribution in [2.24, 2.45) is 5.73 Å². The first-order chi connectivity index (χ1) is 9.75. The molecule has 0 aliphatic rings. The van der Waals surface area contributed by atoms with Crippen LogP contribution in [0.4, 0.5) is 0 Å². The van der Waals surface area contributed by atoms with Crippen molar-refractivity contribution in [3.05, 3.63) is 18.2 Å². The predicted octanol–water partition coefficient (Wildman–Crippen LogP) is 1.50. The molecule has 1 aromatic rings. The van der Waals surface area contributed by atoms with E-state index in [1.165, 1.54) is 12.1 Å². The quantitative estimate of drug-likeness (QED) is 0.758. The number of nitrogens with one attached hydrogen (secondary N) is 1. The summed E-state index contributed by atoms with van der Waals surface area (Å²) in [6.07, 6.45) is 0. The Hall–Kier alpha value is -1.31. The fourth-order valence-electron chi connectivity index (χ4n) is 1.66. The minimum Gasteiger partial charge on any atom is -0.490 e. The van der Waals surface area contributed by atoms with Crippen LogP contribution in [0.2, 0.25) is 0 Å². The molecule has 0 saturated heterocycles. The van der Waals surface area contributed by atoms with Crippen LogP contribution >= 0.6 is 0 Å². The lowest BCUT2D eigenvalue weighted by molar-refractivity contribution is 0.287. The number of benzene rings is 1. The Labute approximate surface area is 126 Å². The lowest BCUT2D eigenvalue weighted by Crippen LogP contribution is -2.48. The first-order valence-electron chi connectivity index (χ1n) is 6.89. The SMILES string of the molecule is CCOc1ccc(S(=O)(=O)NC(C)(C)CN)cc1OCC. The van der Waals surface area contributed by atoms with Crippen LogP contribution in [0.25, 0.3) is 0 Å². The fraction of sp³-hybridized carbons (Fsp3) is 0.571. The molecule has 0 atom stereocenters. The molecular formula is C14H24N2O4S. The van der Waals surface area contributed by atoms with Crippen molar-refractivity contribution in [1.82, 2.24) is 4.72 Å². The Kier molecular flexibility index (Phi) is 6.00. The molecule has 0 fully saturated rings. The zero-order chi connectivity index (χ0) is 16.1. The van der Waals surface area contributed by atoms with E-state index in [9.17, 15) is 8.42 Å². The van der Waals surface area contributed by atoms with Crippen LogP contribution in [0, 0.1) is 0 Å².